The van der Waals surface area contributed by atoms with E-state index in [4.69, 9.17) is 4.74 Å². The SMILES string of the molecule is CC(C)c1ccc(C(=O)COc2cccc(F)c2F)cc1. The van der Waals surface area contributed by atoms with E-state index >= 15 is 0 Å². The van der Waals surface area contributed by atoms with Crippen LogP contribution in [0, 0.1) is 11.6 Å². The smallest absolute Gasteiger partial charge is 0.200 e. The Morgan fingerprint density at radius 2 is 1.76 bits per heavy atom. The maximum absolute atomic E-state index is 13.4. The van der Waals surface area contributed by atoms with E-state index in [1.807, 2.05) is 12.1 Å². The lowest BCUT2D eigenvalue weighted by Gasteiger charge is -2.08. The Balaban J connectivity index is 2.03. The van der Waals surface area contributed by atoms with Crippen molar-refractivity contribution in [2.24, 2.45) is 0 Å². The molecule has 2 aromatic carbocycles. The molecule has 0 amide bonds. The lowest BCUT2D eigenvalue weighted by Crippen LogP contribution is -2.12. The zero-order chi connectivity index (χ0) is 15.4. The van der Waals surface area contributed by atoms with Crippen LogP contribution in [-0.2, 0) is 0 Å². The summed E-state index contributed by atoms with van der Waals surface area (Å²) in [7, 11) is 0. The quantitative estimate of drug-likeness (QED) is 0.765. The summed E-state index contributed by atoms with van der Waals surface area (Å²) in [4.78, 5) is 12.0. The number of carbonyl (C=O) groups excluding carboxylic acids is 1. The molecular formula is C17H16F2O2. The predicted molar refractivity (Wildman–Crippen MR) is 76.7 cm³/mol. The number of carbonyl (C=O) groups is 1. The first-order valence-electron chi connectivity index (χ1n) is 6.69. The molecule has 2 aromatic rings. The van der Waals surface area contributed by atoms with Crippen LogP contribution >= 0.6 is 0 Å². The Morgan fingerprint density at radius 3 is 2.38 bits per heavy atom. The first-order valence-corrected chi connectivity index (χ1v) is 6.69. The van der Waals surface area contributed by atoms with Gasteiger partial charge in [0, 0.05) is 5.56 Å². The van der Waals surface area contributed by atoms with Gasteiger partial charge >= 0.3 is 0 Å². The monoisotopic (exact) mass is 290 g/mol. The minimum atomic E-state index is -1.08. The van der Waals surface area contributed by atoms with Gasteiger partial charge < -0.3 is 4.74 Å². The third kappa shape index (κ3) is 3.66. The number of Topliss-reactive ketones (excluding diaryl/α,β-unsaturated/α-hetero) is 1. The highest BCUT2D eigenvalue weighted by Gasteiger charge is 2.12. The summed E-state index contributed by atoms with van der Waals surface area (Å²) in [6, 6.07) is 10.8. The Labute approximate surface area is 122 Å². The van der Waals surface area contributed by atoms with Crippen molar-refractivity contribution in [1.82, 2.24) is 0 Å². The van der Waals surface area contributed by atoms with Crippen molar-refractivity contribution in [3.8, 4) is 5.75 Å². The van der Waals surface area contributed by atoms with Crippen molar-refractivity contribution < 1.29 is 18.3 Å². The maximum atomic E-state index is 13.4. The van der Waals surface area contributed by atoms with Gasteiger partial charge in [-0.1, -0.05) is 44.2 Å². The molecule has 0 atom stereocenters. The van der Waals surface area contributed by atoms with Crippen LogP contribution in [0.3, 0.4) is 0 Å². The van der Waals surface area contributed by atoms with Gasteiger partial charge in [-0.25, -0.2) is 4.39 Å². The summed E-state index contributed by atoms with van der Waals surface area (Å²) in [5.74, 6) is -2.25. The lowest BCUT2D eigenvalue weighted by molar-refractivity contribution is 0.0918. The largest absolute Gasteiger partial charge is 0.482 e. The Bertz CT molecular complexity index is 634. The zero-order valence-corrected chi connectivity index (χ0v) is 11.9. The van der Waals surface area contributed by atoms with E-state index < -0.39 is 11.6 Å². The van der Waals surface area contributed by atoms with Gasteiger partial charge in [-0.3, -0.25) is 4.79 Å². The molecule has 0 saturated carbocycles. The van der Waals surface area contributed by atoms with Crippen molar-refractivity contribution in [3.63, 3.8) is 0 Å². The first-order chi connectivity index (χ1) is 9.99. The molecule has 0 radical (unpaired) electrons. The normalized spacial score (nSPS) is 10.7. The van der Waals surface area contributed by atoms with Gasteiger partial charge in [0.15, 0.2) is 24.0 Å². The summed E-state index contributed by atoms with van der Waals surface area (Å²) < 4.78 is 31.4. The van der Waals surface area contributed by atoms with Crippen LogP contribution in [0.5, 0.6) is 5.75 Å². The van der Waals surface area contributed by atoms with E-state index in [1.165, 1.54) is 12.1 Å². The minimum absolute atomic E-state index is 0.262. The molecule has 0 aromatic heterocycles. The molecule has 2 rings (SSSR count). The molecule has 0 spiro atoms. The summed E-state index contributed by atoms with van der Waals surface area (Å²) in [6.45, 7) is 3.79. The molecule has 0 bridgehead atoms. The molecule has 0 aliphatic heterocycles. The van der Waals surface area contributed by atoms with Crippen LogP contribution in [0.1, 0.15) is 35.7 Å². The van der Waals surface area contributed by atoms with Crippen molar-refractivity contribution >= 4 is 5.78 Å². The van der Waals surface area contributed by atoms with Crippen molar-refractivity contribution in [2.45, 2.75) is 19.8 Å². The fourth-order valence-electron chi connectivity index (χ4n) is 1.88. The molecule has 0 aliphatic carbocycles. The number of ether oxygens (including phenoxy) is 1. The molecule has 21 heavy (non-hydrogen) atoms. The number of benzene rings is 2. The zero-order valence-electron chi connectivity index (χ0n) is 11.9. The van der Waals surface area contributed by atoms with Gasteiger partial charge in [0.05, 0.1) is 0 Å². The van der Waals surface area contributed by atoms with E-state index in [0.29, 0.717) is 11.5 Å². The Kier molecular flexibility index (Phi) is 4.68. The topological polar surface area (TPSA) is 26.3 Å². The van der Waals surface area contributed by atoms with Gasteiger partial charge in [0.25, 0.3) is 0 Å². The molecular weight excluding hydrogens is 274 g/mol. The Hall–Kier alpha value is -2.23. The summed E-state index contributed by atoms with van der Waals surface area (Å²) >= 11 is 0. The average Bonchev–Trinajstić information content (AvgIpc) is 2.48. The first kappa shape index (κ1) is 15.2. The van der Waals surface area contributed by atoms with Crippen molar-refractivity contribution in [1.29, 1.82) is 0 Å². The highest BCUT2D eigenvalue weighted by Crippen LogP contribution is 2.20. The predicted octanol–water partition coefficient (Wildman–Crippen LogP) is 4.35. The second-order valence-corrected chi connectivity index (χ2v) is 5.04. The number of halogens is 2. The molecule has 2 nitrogen and oxygen atoms in total. The molecule has 4 heteroatoms. The highest BCUT2D eigenvalue weighted by molar-refractivity contribution is 5.97. The number of hydrogen-bond donors (Lipinski definition) is 0. The minimum Gasteiger partial charge on any atom is -0.482 e. The van der Waals surface area contributed by atoms with Crippen LogP contribution in [0.25, 0.3) is 0 Å². The van der Waals surface area contributed by atoms with Crippen LogP contribution < -0.4 is 4.74 Å². The van der Waals surface area contributed by atoms with Crippen LogP contribution in [0.15, 0.2) is 42.5 Å². The fraction of sp³-hybridized carbons (Fsp3) is 0.235. The van der Waals surface area contributed by atoms with E-state index in [1.54, 1.807) is 12.1 Å². The maximum Gasteiger partial charge on any atom is 0.200 e. The fourth-order valence-corrected chi connectivity index (χ4v) is 1.88. The summed E-state index contributed by atoms with van der Waals surface area (Å²) in [6.07, 6.45) is 0. The molecule has 0 aliphatic rings. The number of rotatable bonds is 5. The Morgan fingerprint density at radius 1 is 1.10 bits per heavy atom. The van der Waals surface area contributed by atoms with E-state index in [9.17, 15) is 13.6 Å². The van der Waals surface area contributed by atoms with Gasteiger partial charge in [0.2, 0.25) is 5.82 Å². The van der Waals surface area contributed by atoms with Gasteiger partial charge in [-0.2, -0.15) is 4.39 Å². The summed E-state index contributed by atoms with van der Waals surface area (Å²) in [5.41, 5.74) is 1.61. The highest BCUT2D eigenvalue weighted by atomic mass is 19.2. The lowest BCUT2D eigenvalue weighted by atomic mass is 10.0. The van der Waals surface area contributed by atoms with E-state index in [-0.39, 0.29) is 18.1 Å². The van der Waals surface area contributed by atoms with Gasteiger partial charge in [-0.15, -0.1) is 0 Å². The van der Waals surface area contributed by atoms with Crippen LogP contribution in [0.2, 0.25) is 0 Å². The van der Waals surface area contributed by atoms with Crippen LogP contribution in [-0.4, -0.2) is 12.4 Å². The number of ketones is 1. The van der Waals surface area contributed by atoms with Gasteiger partial charge in [-0.05, 0) is 23.6 Å². The van der Waals surface area contributed by atoms with E-state index in [2.05, 4.69) is 13.8 Å². The van der Waals surface area contributed by atoms with Gasteiger partial charge in [0.1, 0.15) is 0 Å². The summed E-state index contributed by atoms with van der Waals surface area (Å²) in [5, 5.41) is 0. The molecule has 110 valence electrons. The third-order valence-corrected chi connectivity index (χ3v) is 3.17. The second-order valence-electron chi connectivity index (χ2n) is 5.04. The number of hydrogen-bond acceptors (Lipinski definition) is 2. The molecule has 0 fully saturated rings. The van der Waals surface area contributed by atoms with E-state index in [0.717, 1.165) is 11.6 Å². The molecule has 0 N–H and O–H groups in total. The molecule has 0 heterocycles. The average molecular weight is 290 g/mol. The second kappa shape index (κ2) is 6.48. The third-order valence-electron chi connectivity index (χ3n) is 3.17. The van der Waals surface area contributed by atoms with Crippen LogP contribution in [0.4, 0.5) is 8.78 Å². The molecule has 0 saturated heterocycles. The molecule has 0 unspecified atom stereocenters. The van der Waals surface area contributed by atoms with Crippen molar-refractivity contribution in [2.75, 3.05) is 6.61 Å². The standard InChI is InChI=1S/C17H16F2O2/c1-11(2)12-6-8-13(9-7-12)15(20)10-21-16-5-3-4-14(18)17(16)19/h3-9,11H,10H2,1-2H3. The van der Waals surface area contributed by atoms with Crippen molar-refractivity contribution in [3.05, 3.63) is 65.2 Å².